The van der Waals surface area contributed by atoms with Crippen LogP contribution in [0.1, 0.15) is 57.8 Å². The first-order valence-electron chi connectivity index (χ1n) is 12.4. The summed E-state index contributed by atoms with van der Waals surface area (Å²) >= 11 is 0. The fourth-order valence-corrected chi connectivity index (χ4v) is 5.68. The minimum Gasteiger partial charge on any atom is -0.502 e. The number of rotatable bonds is 7. The number of aromatic carboxylic acids is 1. The zero-order chi connectivity index (χ0) is 27.0. The predicted octanol–water partition coefficient (Wildman–Crippen LogP) is 2.52. The van der Waals surface area contributed by atoms with Gasteiger partial charge in [0.2, 0.25) is 11.2 Å². The van der Waals surface area contributed by atoms with E-state index in [4.69, 9.17) is 9.15 Å². The Balaban J connectivity index is 1.45. The molecule has 1 fully saturated rings. The van der Waals surface area contributed by atoms with E-state index < -0.39 is 29.0 Å². The molecule has 0 saturated carbocycles. The van der Waals surface area contributed by atoms with Crippen molar-refractivity contribution < 1.29 is 29.0 Å². The van der Waals surface area contributed by atoms with Gasteiger partial charge in [0.15, 0.2) is 5.76 Å². The third kappa shape index (κ3) is 4.99. The monoisotopic (exact) mass is 520 g/mol. The molecule has 2 aliphatic rings. The first kappa shape index (κ1) is 25.5. The van der Waals surface area contributed by atoms with Gasteiger partial charge in [-0.25, -0.2) is 4.79 Å². The summed E-state index contributed by atoms with van der Waals surface area (Å²) in [5.74, 6) is -2.42. The maximum absolute atomic E-state index is 12.8. The quantitative estimate of drug-likeness (QED) is 0.450. The van der Waals surface area contributed by atoms with Gasteiger partial charge in [0, 0.05) is 43.4 Å². The van der Waals surface area contributed by atoms with Crippen molar-refractivity contribution in [2.75, 3.05) is 20.2 Å². The maximum Gasteiger partial charge on any atom is 0.335 e. The van der Waals surface area contributed by atoms with Gasteiger partial charge in [0.25, 0.3) is 5.56 Å². The highest BCUT2D eigenvalue weighted by Gasteiger charge is 2.35. The molecule has 5 rings (SSSR count). The van der Waals surface area contributed by atoms with Gasteiger partial charge in [-0.3, -0.25) is 19.3 Å². The predicted molar refractivity (Wildman–Crippen MR) is 135 cm³/mol. The Morgan fingerprint density at radius 1 is 1.11 bits per heavy atom. The zero-order valence-electron chi connectivity index (χ0n) is 20.8. The summed E-state index contributed by atoms with van der Waals surface area (Å²) in [5.41, 5.74) is 0.935. The molecule has 4 heterocycles. The van der Waals surface area contributed by atoms with Crippen LogP contribution in [-0.4, -0.2) is 51.8 Å². The van der Waals surface area contributed by atoms with Crippen molar-refractivity contribution in [3.05, 3.63) is 97.4 Å². The van der Waals surface area contributed by atoms with Gasteiger partial charge in [-0.1, -0.05) is 18.2 Å². The van der Waals surface area contributed by atoms with Gasteiger partial charge in [-0.05, 0) is 36.1 Å². The van der Waals surface area contributed by atoms with Crippen LogP contribution in [0.5, 0.6) is 5.75 Å². The highest BCUT2D eigenvalue weighted by Crippen LogP contribution is 2.37. The molecule has 10 heteroatoms. The number of aromatic hydroxyl groups is 1. The summed E-state index contributed by atoms with van der Waals surface area (Å²) in [5, 5.41) is 19.9. The van der Waals surface area contributed by atoms with Crippen LogP contribution < -0.4 is 11.0 Å². The van der Waals surface area contributed by atoms with E-state index in [1.54, 1.807) is 12.1 Å². The molecule has 2 bridgehead atoms. The lowest BCUT2D eigenvalue weighted by Crippen LogP contribution is -2.46. The number of carboxylic acids is 1. The van der Waals surface area contributed by atoms with Crippen molar-refractivity contribution in [2.45, 2.75) is 37.8 Å². The van der Waals surface area contributed by atoms with E-state index in [0.29, 0.717) is 31.0 Å². The average Bonchev–Trinajstić information content (AvgIpc) is 2.90. The smallest absolute Gasteiger partial charge is 0.335 e. The summed E-state index contributed by atoms with van der Waals surface area (Å²) < 4.78 is 12.7. The van der Waals surface area contributed by atoms with Crippen LogP contribution in [0.2, 0.25) is 0 Å². The van der Waals surface area contributed by atoms with Crippen molar-refractivity contribution in [3.63, 3.8) is 0 Å². The summed E-state index contributed by atoms with van der Waals surface area (Å²) in [4.78, 5) is 50.8. The average molecular weight is 521 g/mol. The minimum atomic E-state index is -1.10. The number of benzene rings is 1. The van der Waals surface area contributed by atoms with Crippen molar-refractivity contribution in [2.24, 2.45) is 5.92 Å². The van der Waals surface area contributed by atoms with Crippen LogP contribution in [-0.2, 0) is 22.6 Å². The van der Waals surface area contributed by atoms with Gasteiger partial charge in [0.05, 0.1) is 31.6 Å². The molecule has 1 saturated heterocycles. The molecule has 38 heavy (non-hydrogen) atoms. The summed E-state index contributed by atoms with van der Waals surface area (Å²) in [7, 11) is 1.23. The number of esters is 1. The van der Waals surface area contributed by atoms with E-state index in [0.717, 1.165) is 18.7 Å². The third-order valence-corrected chi connectivity index (χ3v) is 7.41. The second kappa shape index (κ2) is 10.3. The Hall–Kier alpha value is -4.18. The van der Waals surface area contributed by atoms with Gasteiger partial charge >= 0.3 is 11.9 Å². The number of carbonyl (C=O) groups is 2. The number of methoxy groups -OCH3 is 1. The molecule has 0 aliphatic carbocycles. The molecule has 3 atom stereocenters. The summed E-state index contributed by atoms with van der Waals surface area (Å²) in [6, 6.07) is 12.4. The topological polar surface area (TPSA) is 139 Å². The molecule has 198 valence electrons. The van der Waals surface area contributed by atoms with Crippen molar-refractivity contribution >= 4 is 11.9 Å². The molecular formula is C28H28N2O8. The fourth-order valence-electron chi connectivity index (χ4n) is 5.68. The number of carbonyl (C=O) groups excluding carboxylic acids is 1. The summed E-state index contributed by atoms with van der Waals surface area (Å²) in [6.07, 6.45) is 0.764. The van der Waals surface area contributed by atoms with Crippen molar-refractivity contribution in [1.82, 2.24) is 9.47 Å². The number of ether oxygens (including phenoxy) is 1. The van der Waals surface area contributed by atoms with Gasteiger partial charge in [0.1, 0.15) is 5.76 Å². The number of aromatic nitrogens is 1. The van der Waals surface area contributed by atoms with Gasteiger partial charge in [-0.2, -0.15) is 0 Å². The Kier molecular flexibility index (Phi) is 6.90. The van der Waals surface area contributed by atoms with Gasteiger partial charge < -0.3 is 23.9 Å². The van der Waals surface area contributed by atoms with Crippen LogP contribution >= 0.6 is 0 Å². The number of hydrogen-bond acceptors (Lipinski definition) is 8. The molecule has 0 spiro atoms. The minimum absolute atomic E-state index is 0.00728. The Bertz CT molecular complexity index is 1490. The summed E-state index contributed by atoms with van der Waals surface area (Å²) in [6.45, 7) is 2.36. The Morgan fingerprint density at radius 3 is 2.58 bits per heavy atom. The highest BCUT2D eigenvalue weighted by atomic mass is 16.5. The van der Waals surface area contributed by atoms with Crippen LogP contribution in [0.25, 0.3) is 0 Å². The van der Waals surface area contributed by atoms with Crippen molar-refractivity contribution in [1.29, 1.82) is 0 Å². The zero-order valence-corrected chi connectivity index (χ0v) is 20.8. The molecule has 0 unspecified atom stereocenters. The van der Waals surface area contributed by atoms with Crippen LogP contribution in [0.4, 0.5) is 0 Å². The van der Waals surface area contributed by atoms with Crippen molar-refractivity contribution in [3.8, 4) is 5.75 Å². The first-order chi connectivity index (χ1) is 18.2. The highest BCUT2D eigenvalue weighted by molar-refractivity contribution is 5.87. The van der Waals surface area contributed by atoms with Crippen LogP contribution in [0.3, 0.4) is 0 Å². The Morgan fingerprint density at radius 2 is 1.87 bits per heavy atom. The molecule has 10 nitrogen and oxygen atoms in total. The van der Waals surface area contributed by atoms with E-state index in [2.05, 4.69) is 4.90 Å². The molecular weight excluding hydrogens is 492 g/mol. The number of nitrogens with zero attached hydrogens (tertiary/aromatic N) is 2. The number of carboxylic acid groups (broad SMARTS) is 1. The standard InChI is InChI=1S/C28H28N2O8/c1-37-25(33)11-21(17-5-7-18(8-6-17)28(35)36)27-26(34)23(31)10-20(38-27)15-29-12-16-9-19(14-29)22-3-2-4-24(32)30(22)13-16/h2-8,10,16,19,21,34H,9,11-15H2,1H3,(H,35,36)/t16-,19+,21-/m0/s1. The Labute approximate surface area is 217 Å². The first-order valence-corrected chi connectivity index (χ1v) is 12.4. The lowest BCUT2D eigenvalue weighted by molar-refractivity contribution is -0.140. The second-order valence-corrected chi connectivity index (χ2v) is 9.94. The molecule has 0 radical (unpaired) electrons. The number of piperidine rings is 1. The van der Waals surface area contributed by atoms with E-state index in [1.165, 1.54) is 37.4 Å². The molecule has 2 aromatic heterocycles. The third-order valence-electron chi connectivity index (χ3n) is 7.41. The van der Waals surface area contributed by atoms with E-state index in [-0.39, 0.29) is 35.1 Å². The van der Waals surface area contributed by atoms with E-state index in [9.17, 15) is 29.4 Å². The van der Waals surface area contributed by atoms with E-state index in [1.807, 2.05) is 10.6 Å². The molecule has 3 aromatic rings. The number of fused-ring (bicyclic) bond motifs is 4. The lowest BCUT2D eigenvalue weighted by atomic mass is 9.83. The van der Waals surface area contributed by atoms with Crippen LogP contribution in [0.15, 0.2) is 62.5 Å². The largest absolute Gasteiger partial charge is 0.502 e. The number of likely N-dealkylation sites (tertiary alicyclic amines) is 1. The lowest BCUT2D eigenvalue weighted by Gasteiger charge is -2.42. The molecule has 1 aromatic carbocycles. The van der Waals surface area contributed by atoms with Gasteiger partial charge in [-0.15, -0.1) is 0 Å². The molecule has 2 N–H and O–H groups in total. The number of pyridine rings is 1. The normalized spacial score (nSPS) is 19.4. The molecule has 2 aliphatic heterocycles. The SMILES string of the molecule is COC(=O)C[C@@H](c1ccc(C(=O)O)cc1)c1oc(CN2C[C@@H]3C[C@H](C2)c2cccc(=O)n2C3)cc(=O)c1O. The van der Waals surface area contributed by atoms with E-state index >= 15 is 0 Å². The fraction of sp³-hybridized carbons (Fsp3) is 0.357. The maximum atomic E-state index is 12.8. The second-order valence-electron chi connectivity index (χ2n) is 9.94. The van der Waals surface area contributed by atoms with Crippen LogP contribution in [0, 0.1) is 5.92 Å². The molecule has 0 amide bonds. The number of hydrogen-bond donors (Lipinski definition) is 2.